The molecule has 1 saturated carbocycles. The quantitative estimate of drug-likeness (QED) is 0.774. The Labute approximate surface area is 96.4 Å². The normalized spacial score (nSPS) is 16.6. The summed E-state index contributed by atoms with van der Waals surface area (Å²) in [6.07, 6.45) is 8.99. The lowest BCUT2D eigenvalue weighted by Gasteiger charge is -2.12. The maximum atomic E-state index is 5.75. The standard InChI is InChI=1S/C12H19N3O/c1-10-12(14-7-6-13-10)15-8-9-16-11-4-2-3-5-11/h6-7,11H,2-5,8-9H2,1H3,(H,14,15). The van der Waals surface area contributed by atoms with E-state index in [2.05, 4.69) is 15.3 Å². The average Bonchev–Trinajstić information content (AvgIpc) is 2.79. The number of rotatable bonds is 5. The zero-order valence-corrected chi connectivity index (χ0v) is 9.78. The Bertz CT molecular complexity index is 324. The summed E-state index contributed by atoms with van der Waals surface area (Å²) in [6.45, 7) is 3.50. The molecule has 0 bridgehead atoms. The first-order valence-corrected chi connectivity index (χ1v) is 5.99. The monoisotopic (exact) mass is 221 g/mol. The lowest BCUT2D eigenvalue weighted by molar-refractivity contribution is 0.0658. The van der Waals surface area contributed by atoms with Gasteiger partial charge in [0.25, 0.3) is 0 Å². The van der Waals surface area contributed by atoms with Crippen LogP contribution in [0, 0.1) is 6.92 Å². The predicted molar refractivity (Wildman–Crippen MR) is 63.5 cm³/mol. The maximum Gasteiger partial charge on any atom is 0.147 e. The first kappa shape index (κ1) is 11.3. The summed E-state index contributed by atoms with van der Waals surface area (Å²) in [5.74, 6) is 0.859. The van der Waals surface area contributed by atoms with E-state index in [1.165, 1.54) is 25.7 Å². The van der Waals surface area contributed by atoms with Crippen LogP contribution in [0.4, 0.5) is 5.82 Å². The number of nitrogens with zero attached hydrogens (tertiary/aromatic N) is 2. The molecule has 1 aliphatic carbocycles. The SMILES string of the molecule is Cc1nccnc1NCCOC1CCCC1. The van der Waals surface area contributed by atoms with Crippen molar-refractivity contribution in [2.75, 3.05) is 18.5 Å². The van der Waals surface area contributed by atoms with Crippen molar-refractivity contribution in [1.82, 2.24) is 9.97 Å². The molecule has 16 heavy (non-hydrogen) atoms. The summed E-state index contributed by atoms with van der Waals surface area (Å²) in [5.41, 5.74) is 0.934. The van der Waals surface area contributed by atoms with Crippen LogP contribution in [-0.2, 0) is 4.74 Å². The molecule has 1 fully saturated rings. The lowest BCUT2D eigenvalue weighted by Crippen LogP contribution is -2.16. The van der Waals surface area contributed by atoms with Crippen molar-refractivity contribution >= 4 is 5.82 Å². The van der Waals surface area contributed by atoms with Crippen LogP contribution in [0.25, 0.3) is 0 Å². The second kappa shape index (κ2) is 5.80. The van der Waals surface area contributed by atoms with Crippen molar-refractivity contribution < 1.29 is 4.74 Å². The predicted octanol–water partition coefficient (Wildman–Crippen LogP) is 2.16. The molecular formula is C12H19N3O. The fourth-order valence-electron chi connectivity index (χ4n) is 2.03. The number of hydrogen-bond donors (Lipinski definition) is 1. The molecule has 0 radical (unpaired) electrons. The van der Waals surface area contributed by atoms with Gasteiger partial charge < -0.3 is 10.1 Å². The Morgan fingerprint density at radius 3 is 2.81 bits per heavy atom. The smallest absolute Gasteiger partial charge is 0.147 e. The van der Waals surface area contributed by atoms with Gasteiger partial charge >= 0.3 is 0 Å². The fourth-order valence-corrected chi connectivity index (χ4v) is 2.03. The van der Waals surface area contributed by atoms with Crippen molar-refractivity contribution in [3.8, 4) is 0 Å². The van der Waals surface area contributed by atoms with Crippen LogP contribution in [0.2, 0.25) is 0 Å². The zero-order chi connectivity index (χ0) is 11.2. The van der Waals surface area contributed by atoms with Crippen LogP contribution < -0.4 is 5.32 Å². The van der Waals surface area contributed by atoms with Crippen LogP contribution in [-0.4, -0.2) is 29.2 Å². The molecule has 1 aliphatic rings. The van der Waals surface area contributed by atoms with E-state index in [0.717, 1.165) is 24.7 Å². The molecule has 4 nitrogen and oxygen atoms in total. The number of anilines is 1. The number of ether oxygens (including phenoxy) is 1. The van der Waals surface area contributed by atoms with Gasteiger partial charge in [-0.3, -0.25) is 4.98 Å². The Morgan fingerprint density at radius 1 is 1.31 bits per heavy atom. The first-order valence-electron chi connectivity index (χ1n) is 5.99. The van der Waals surface area contributed by atoms with E-state index >= 15 is 0 Å². The molecule has 0 aromatic carbocycles. The Balaban J connectivity index is 1.66. The molecule has 0 spiro atoms. The van der Waals surface area contributed by atoms with Crippen molar-refractivity contribution in [3.63, 3.8) is 0 Å². The van der Waals surface area contributed by atoms with Gasteiger partial charge in [0, 0.05) is 18.9 Å². The molecule has 0 atom stereocenters. The van der Waals surface area contributed by atoms with Gasteiger partial charge in [-0.1, -0.05) is 12.8 Å². The Kier molecular flexibility index (Phi) is 4.10. The maximum absolute atomic E-state index is 5.75. The molecule has 1 N–H and O–H groups in total. The molecule has 0 unspecified atom stereocenters. The topological polar surface area (TPSA) is 47.0 Å². The zero-order valence-electron chi connectivity index (χ0n) is 9.78. The number of hydrogen-bond acceptors (Lipinski definition) is 4. The molecule has 0 amide bonds. The second-order valence-electron chi connectivity index (χ2n) is 4.19. The highest BCUT2D eigenvalue weighted by Gasteiger charge is 2.14. The highest BCUT2D eigenvalue weighted by Crippen LogP contribution is 2.20. The van der Waals surface area contributed by atoms with Crippen LogP contribution >= 0.6 is 0 Å². The van der Waals surface area contributed by atoms with Gasteiger partial charge in [-0.2, -0.15) is 0 Å². The van der Waals surface area contributed by atoms with Gasteiger partial charge in [-0.05, 0) is 19.8 Å². The average molecular weight is 221 g/mol. The summed E-state index contributed by atoms with van der Waals surface area (Å²) in [6, 6.07) is 0. The molecule has 1 heterocycles. The van der Waals surface area contributed by atoms with Gasteiger partial charge in [0.15, 0.2) is 0 Å². The fraction of sp³-hybridized carbons (Fsp3) is 0.667. The third kappa shape index (κ3) is 3.17. The van der Waals surface area contributed by atoms with Crippen LogP contribution in [0.3, 0.4) is 0 Å². The summed E-state index contributed by atoms with van der Waals surface area (Å²) in [4.78, 5) is 8.39. The second-order valence-corrected chi connectivity index (χ2v) is 4.19. The Morgan fingerprint density at radius 2 is 2.06 bits per heavy atom. The van der Waals surface area contributed by atoms with E-state index in [4.69, 9.17) is 4.74 Å². The van der Waals surface area contributed by atoms with E-state index in [1.54, 1.807) is 12.4 Å². The minimum atomic E-state index is 0.491. The van der Waals surface area contributed by atoms with E-state index in [0.29, 0.717) is 6.10 Å². The molecule has 1 aromatic heterocycles. The lowest BCUT2D eigenvalue weighted by atomic mass is 10.3. The van der Waals surface area contributed by atoms with E-state index < -0.39 is 0 Å². The summed E-state index contributed by atoms with van der Waals surface area (Å²) in [5, 5.41) is 3.24. The summed E-state index contributed by atoms with van der Waals surface area (Å²) < 4.78 is 5.75. The van der Waals surface area contributed by atoms with Crippen LogP contribution in [0.15, 0.2) is 12.4 Å². The van der Waals surface area contributed by atoms with E-state index in [9.17, 15) is 0 Å². The van der Waals surface area contributed by atoms with Crippen molar-refractivity contribution in [2.45, 2.75) is 38.7 Å². The largest absolute Gasteiger partial charge is 0.376 e. The summed E-state index contributed by atoms with van der Waals surface area (Å²) in [7, 11) is 0. The molecule has 2 rings (SSSR count). The molecule has 88 valence electrons. The van der Waals surface area contributed by atoms with Gasteiger partial charge in [0.05, 0.1) is 18.4 Å². The molecular weight excluding hydrogens is 202 g/mol. The third-order valence-corrected chi connectivity index (χ3v) is 2.93. The highest BCUT2D eigenvalue weighted by molar-refractivity contribution is 5.37. The minimum Gasteiger partial charge on any atom is -0.376 e. The van der Waals surface area contributed by atoms with Crippen molar-refractivity contribution in [2.24, 2.45) is 0 Å². The van der Waals surface area contributed by atoms with E-state index in [1.807, 2.05) is 6.92 Å². The summed E-state index contributed by atoms with van der Waals surface area (Å²) >= 11 is 0. The number of aryl methyl sites for hydroxylation is 1. The number of aromatic nitrogens is 2. The number of nitrogens with one attached hydrogen (secondary N) is 1. The van der Waals surface area contributed by atoms with E-state index in [-0.39, 0.29) is 0 Å². The Hall–Kier alpha value is -1.16. The van der Waals surface area contributed by atoms with Crippen molar-refractivity contribution in [3.05, 3.63) is 18.1 Å². The highest BCUT2D eigenvalue weighted by atomic mass is 16.5. The minimum absolute atomic E-state index is 0.491. The molecule has 0 saturated heterocycles. The van der Waals surface area contributed by atoms with Gasteiger partial charge in [0.1, 0.15) is 5.82 Å². The van der Waals surface area contributed by atoms with Gasteiger partial charge in [-0.15, -0.1) is 0 Å². The van der Waals surface area contributed by atoms with Gasteiger partial charge in [0.2, 0.25) is 0 Å². The van der Waals surface area contributed by atoms with Gasteiger partial charge in [-0.25, -0.2) is 4.98 Å². The molecule has 4 heteroatoms. The van der Waals surface area contributed by atoms with Crippen LogP contribution in [0.1, 0.15) is 31.4 Å². The first-order chi connectivity index (χ1) is 7.86. The molecule has 1 aromatic rings. The van der Waals surface area contributed by atoms with Crippen LogP contribution in [0.5, 0.6) is 0 Å². The van der Waals surface area contributed by atoms with Crippen molar-refractivity contribution in [1.29, 1.82) is 0 Å². The molecule has 0 aliphatic heterocycles. The third-order valence-electron chi connectivity index (χ3n) is 2.93.